The smallest absolute Gasteiger partial charge is 0.0540 e. The normalized spacial score (nSPS) is 41.0. The fourth-order valence-corrected chi connectivity index (χ4v) is 6.12. The highest BCUT2D eigenvalue weighted by molar-refractivity contribution is 4.97. The molecule has 3 aliphatic carbocycles. The van der Waals surface area contributed by atoms with Gasteiger partial charge in [-0.2, -0.15) is 0 Å². The molecule has 0 atom stereocenters. The average Bonchev–Trinajstić information content (AvgIpc) is 2.56. The number of hydrogen-bond donors (Lipinski definition) is 2. The Bertz CT molecular complexity index is 310. The molecule has 3 aliphatic rings. The fourth-order valence-electron chi connectivity index (χ4n) is 6.12. The second kappa shape index (κ2) is 7.21. The highest BCUT2D eigenvalue weighted by Gasteiger charge is 2.48. The molecule has 128 valence electrons. The molecule has 2 heteroatoms. The molecule has 0 saturated heterocycles. The van der Waals surface area contributed by atoms with Crippen molar-refractivity contribution < 1.29 is 10.2 Å². The van der Waals surface area contributed by atoms with Crippen molar-refractivity contribution in [1.29, 1.82) is 0 Å². The van der Waals surface area contributed by atoms with Gasteiger partial charge in [0.15, 0.2) is 0 Å². The lowest BCUT2D eigenvalue weighted by molar-refractivity contribution is -0.0578. The zero-order chi connectivity index (χ0) is 15.6. The van der Waals surface area contributed by atoms with Crippen LogP contribution in [0.15, 0.2) is 0 Å². The van der Waals surface area contributed by atoms with Crippen molar-refractivity contribution in [3.8, 4) is 0 Å². The number of hydrogen-bond acceptors (Lipinski definition) is 2. The Morgan fingerprint density at radius 1 is 0.545 bits per heavy atom. The van der Waals surface area contributed by atoms with Gasteiger partial charge < -0.3 is 10.2 Å². The molecule has 0 aromatic rings. The van der Waals surface area contributed by atoms with Gasteiger partial charge in [0.05, 0.1) is 12.2 Å². The van der Waals surface area contributed by atoms with E-state index in [2.05, 4.69) is 6.92 Å². The molecular weight excluding hydrogens is 272 g/mol. The van der Waals surface area contributed by atoms with Crippen molar-refractivity contribution in [3.05, 3.63) is 0 Å². The molecule has 3 fully saturated rings. The van der Waals surface area contributed by atoms with E-state index in [4.69, 9.17) is 0 Å². The first kappa shape index (κ1) is 16.8. The number of aliphatic hydroxyl groups excluding tert-OH is 2. The van der Waals surface area contributed by atoms with Gasteiger partial charge in [0.2, 0.25) is 0 Å². The first-order chi connectivity index (χ1) is 10.6. The number of rotatable bonds is 3. The Morgan fingerprint density at radius 2 is 0.909 bits per heavy atom. The second-order valence-corrected chi connectivity index (χ2v) is 8.71. The maximum Gasteiger partial charge on any atom is 0.0540 e. The molecule has 0 unspecified atom stereocenters. The lowest BCUT2D eigenvalue weighted by Crippen LogP contribution is -2.46. The molecule has 2 N–H and O–H groups in total. The first-order valence-electron chi connectivity index (χ1n) is 9.96. The standard InChI is InChI=1S/C20H36O2/c1-20(15-5-3-2-4-6-15,16-7-11-18(21)12-8-16)17-9-13-19(22)14-10-17/h15-19,21-22H,2-14H2,1H3. The molecule has 22 heavy (non-hydrogen) atoms. The van der Waals surface area contributed by atoms with Gasteiger partial charge in [0, 0.05) is 0 Å². The predicted molar refractivity (Wildman–Crippen MR) is 90.6 cm³/mol. The quantitative estimate of drug-likeness (QED) is 0.795. The molecule has 0 radical (unpaired) electrons. The highest BCUT2D eigenvalue weighted by atomic mass is 16.3. The summed E-state index contributed by atoms with van der Waals surface area (Å²) in [6.07, 6.45) is 16.0. The van der Waals surface area contributed by atoms with Crippen LogP contribution in [0.25, 0.3) is 0 Å². The monoisotopic (exact) mass is 308 g/mol. The first-order valence-corrected chi connectivity index (χ1v) is 9.96. The highest BCUT2D eigenvalue weighted by Crippen LogP contribution is 2.56. The van der Waals surface area contributed by atoms with Crippen LogP contribution in [0.1, 0.15) is 90.4 Å². The van der Waals surface area contributed by atoms with Gasteiger partial charge in [0.1, 0.15) is 0 Å². The Balaban J connectivity index is 1.77. The molecule has 0 aromatic carbocycles. The minimum Gasteiger partial charge on any atom is -0.393 e. The third kappa shape index (κ3) is 3.38. The summed E-state index contributed by atoms with van der Waals surface area (Å²) in [5.41, 5.74) is 0.459. The summed E-state index contributed by atoms with van der Waals surface area (Å²) >= 11 is 0. The largest absolute Gasteiger partial charge is 0.393 e. The second-order valence-electron chi connectivity index (χ2n) is 8.71. The van der Waals surface area contributed by atoms with Crippen molar-refractivity contribution >= 4 is 0 Å². The van der Waals surface area contributed by atoms with Gasteiger partial charge in [-0.1, -0.05) is 26.2 Å². The Morgan fingerprint density at radius 3 is 1.32 bits per heavy atom. The van der Waals surface area contributed by atoms with Gasteiger partial charge in [-0.25, -0.2) is 0 Å². The minimum absolute atomic E-state index is 0.0416. The summed E-state index contributed by atoms with van der Waals surface area (Å²) in [7, 11) is 0. The SMILES string of the molecule is CC(C1CCCCC1)(C1CCC(O)CC1)C1CCC(O)CC1. The fraction of sp³-hybridized carbons (Fsp3) is 1.00. The zero-order valence-corrected chi connectivity index (χ0v) is 14.5. The lowest BCUT2D eigenvalue weighted by atomic mass is 9.52. The van der Waals surface area contributed by atoms with E-state index >= 15 is 0 Å². The van der Waals surface area contributed by atoms with E-state index in [0.29, 0.717) is 5.41 Å². The Hall–Kier alpha value is -0.0800. The van der Waals surface area contributed by atoms with Gasteiger partial charge in [-0.15, -0.1) is 0 Å². The zero-order valence-electron chi connectivity index (χ0n) is 14.5. The molecule has 0 amide bonds. The summed E-state index contributed by atoms with van der Waals surface area (Å²) < 4.78 is 0. The Kier molecular flexibility index (Phi) is 5.50. The van der Waals surface area contributed by atoms with Crippen LogP contribution >= 0.6 is 0 Å². The van der Waals surface area contributed by atoms with E-state index in [1.807, 2.05) is 0 Å². The minimum atomic E-state index is -0.0416. The summed E-state index contributed by atoms with van der Waals surface area (Å²) in [5, 5.41) is 19.8. The number of aliphatic hydroxyl groups is 2. The van der Waals surface area contributed by atoms with E-state index < -0.39 is 0 Å². The van der Waals surface area contributed by atoms with Crippen LogP contribution in [0, 0.1) is 23.2 Å². The molecule has 0 spiro atoms. The van der Waals surface area contributed by atoms with Crippen LogP contribution in [0.2, 0.25) is 0 Å². The molecular formula is C20H36O2. The van der Waals surface area contributed by atoms with Crippen molar-refractivity contribution in [2.24, 2.45) is 23.2 Å². The summed E-state index contributed by atoms with van der Waals surface area (Å²) in [6, 6.07) is 0. The van der Waals surface area contributed by atoms with Crippen LogP contribution in [0.5, 0.6) is 0 Å². The summed E-state index contributed by atoms with van der Waals surface area (Å²) in [4.78, 5) is 0. The third-order valence-electron chi connectivity index (χ3n) is 7.64. The summed E-state index contributed by atoms with van der Waals surface area (Å²) in [6.45, 7) is 2.60. The molecule has 2 nitrogen and oxygen atoms in total. The van der Waals surface area contributed by atoms with Crippen molar-refractivity contribution in [2.45, 2.75) is 103 Å². The van der Waals surface area contributed by atoms with E-state index in [1.54, 1.807) is 0 Å². The van der Waals surface area contributed by atoms with E-state index in [0.717, 1.165) is 43.4 Å². The average molecular weight is 309 g/mol. The molecule has 3 saturated carbocycles. The van der Waals surface area contributed by atoms with Crippen LogP contribution in [-0.4, -0.2) is 22.4 Å². The topological polar surface area (TPSA) is 40.5 Å². The molecule has 3 rings (SSSR count). The lowest BCUT2D eigenvalue weighted by Gasteiger charge is -2.53. The maximum atomic E-state index is 9.92. The molecule has 0 aromatic heterocycles. The van der Waals surface area contributed by atoms with Crippen LogP contribution in [0.3, 0.4) is 0 Å². The molecule has 0 bridgehead atoms. The van der Waals surface area contributed by atoms with Crippen molar-refractivity contribution in [3.63, 3.8) is 0 Å². The van der Waals surface area contributed by atoms with Crippen LogP contribution in [-0.2, 0) is 0 Å². The predicted octanol–water partition coefficient (Wildman–Crippen LogP) is 4.68. The van der Waals surface area contributed by atoms with Crippen LogP contribution in [0.4, 0.5) is 0 Å². The van der Waals surface area contributed by atoms with Gasteiger partial charge in [-0.3, -0.25) is 0 Å². The van der Waals surface area contributed by atoms with E-state index in [-0.39, 0.29) is 12.2 Å². The van der Waals surface area contributed by atoms with Gasteiger partial charge in [0.25, 0.3) is 0 Å². The summed E-state index contributed by atoms with van der Waals surface area (Å²) in [5.74, 6) is 2.50. The van der Waals surface area contributed by atoms with Gasteiger partial charge in [-0.05, 0) is 87.4 Å². The molecule has 0 aliphatic heterocycles. The van der Waals surface area contributed by atoms with E-state index in [9.17, 15) is 10.2 Å². The van der Waals surface area contributed by atoms with Gasteiger partial charge >= 0.3 is 0 Å². The molecule has 0 heterocycles. The maximum absolute atomic E-state index is 9.92. The van der Waals surface area contributed by atoms with Crippen LogP contribution < -0.4 is 0 Å². The van der Waals surface area contributed by atoms with E-state index in [1.165, 1.54) is 57.8 Å². The Labute approximate surface area is 136 Å². The third-order valence-corrected chi connectivity index (χ3v) is 7.64. The van der Waals surface area contributed by atoms with Crippen molar-refractivity contribution in [1.82, 2.24) is 0 Å². The van der Waals surface area contributed by atoms with Crippen molar-refractivity contribution in [2.75, 3.05) is 0 Å².